The maximum Gasteiger partial charge on any atom is 0.338 e. The molecule has 3 rings (SSSR count). The quantitative estimate of drug-likeness (QED) is 0.763. The van der Waals surface area contributed by atoms with Gasteiger partial charge in [0.2, 0.25) is 0 Å². The first-order chi connectivity index (χ1) is 11.0. The number of carbonyl (C=O) groups is 1. The average molecular weight is 310 g/mol. The van der Waals surface area contributed by atoms with Crippen molar-refractivity contribution in [3.63, 3.8) is 0 Å². The van der Waals surface area contributed by atoms with Crippen LogP contribution in [-0.2, 0) is 9.53 Å². The fourth-order valence-corrected chi connectivity index (χ4v) is 3.41. The zero-order valence-corrected chi connectivity index (χ0v) is 14.1. The highest BCUT2D eigenvalue weighted by molar-refractivity contribution is 5.96. The Morgan fingerprint density at radius 3 is 2.65 bits per heavy atom. The number of hydrogen-bond donors (Lipinski definition) is 0. The molecule has 1 aliphatic rings. The molecule has 3 heteroatoms. The summed E-state index contributed by atoms with van der Waals surface area (Å²) in [6.45, 7) is 8.30. The molecule has 0 bridgehead atoms. The lowest BCUT2D eigenvalue weighted by molar-refractivity contribution is -0.139. The molecule has 2 aromatic carbocycles. The van der Waals surface area contributed by atoms with Crippen LogP contribution in [0.2, 0.25) is 0 Å². The predicted molar refractivity (Wildman–Crippen MR) is 91.5 cm³/mol. The Morgan fingerprint density at radius 2 is 1.96 bits per heavy atom. The second-order valence-electron chi connectivity index (χ2n) is 6.21. The Hall–Kier alpha value is -2.29. The summed E-state index contributed by atoms with van der Waals surface area (Å²) in [5.41, 5.74) is 1.73. The van der Waals surface area contributed by atoms with E-state index in [9.17, 15) is 4.79 Å². The van der Waals surface area contributed by atoms with E-state index in [4.69, 9.17) is 9.47 Å². The minimum Gasteiger partial charge on any atom is -0.463 e. The fraction of sp³-hybridized carbons (Fsp3) is 0.350. The maximum absolute atomic E-state index is 12.5. The second-order valence-corrected chi connectivity index (χ2v) is 6.21. The number of benzene rings is 2. The van der Waals surface area contributed by atoms with Gasteiger partial charge in [0.1, 0.15) is 11.5 Å². The van der Waals surface area contributed by atoms with Crippen LogP contribution in [0.5, 0.6) is 5.75 Å². The molecule has 0 radical (unpaired) electrons. The van der Waals surface area contributed by atoms with Gasteiger partial charge in [-0.1, -0.05) is 44.2 Å². The molecule has 120 valence electrons. The standard InChI is InChI=1S/C20H22O3/c1-5-22-20(21)18-13(4)23-16-11-10-14-8-6-7-9-15(14)19(16)17(18)12(2)3/h6-12,17H,5H2,1-4H3. The Kier molecular flexibility index (Phi) is 4.12. The number of carbonyl (C=O) groups excluding carboxylic acids is 1. The van der Waals surface area contributed by atoms with Gasteiger partial charge in [-0.15, -0.1) is 0 Å². The number of fused-ring (bicyclic) bond motifs is 3. The first-order valence-corrected chi connectivity index (χ1v) is 8.12. The molecule has 1 heterocycles. The summed E-state index contributed by atoms with van der Waals surface area (Å²) < 4.78 is 11.3. The van der Waals surface area contributed by atoms with Crippen LogP contribution in [0.15, 0.2) is 47.7 Å². The van der Waals surface area contributed by atoms with Gasteiger partial charge in [0.25, 0.3) is 0 Å². The van der Waals surface area contributed by atoms with Crippen LogP contribution >= 0.6 is 0 Å². The lowest BCUT2D eigenvalue weighted by Crippen LogP contribution is -2.25. The minimum absolute atomic E-state index is 0.0242. The molecule has 0 saturated heterocycles. The van der Waals surface area contributed by atoms with Crippen molar-refractivity contribution in [1.82, 2.24) is 0 Å². The minimum atomic E-state index is -0.276. The van der Waals surface area contributed by atoms with E-state index < -0.39 is 0 Å². The summed E-state index contributed by atoms with van der Waals surface area (Å²) in [6.07, 6.45) is 0. The summed E-state index contributed by atoms with van der Waals surface area (Å²) in [4.78, 5) is 12.5. The van der Waals surface area contributed by atoms with E-state index in [2.05, 4.69) is 32.0 Å². The van der Waals surface area contributed by atoms with Gasteiger partial charge in [-0.05, 0) is 36.6 Å². The molecular weight excluding hydrogens is 288 g/mol. The van der Waals surface area contributed by atoms with Crippen LogP contribution in [-0.4, -0.2) is 12.6 Å². The summed E-state index contributed by atoms with van der Waals surface area (Å²) >= 11 is 0. The van der Waals surface area contributed by atoms with Crippen molar-refractivity contribution in [2.75, 3.05) is 6.61 Å². The van der Waals surface area contributed by atoms with Crippen molar-refractivity contribution in [1.29, 1.82) is 0 Å². The third-order valence-corrected chi connectivity index (χ3v) is 4.36. The lowest BCUT2D eigenvalue weighted by Gasteiger charge is -2.32. The van der Waals surface area contributed by atoms with Crippen LogP contribution < -0.4 is 4.74 Å². The summed E-state index contributed by atoms with van der Waals surface area (Å²) in [5, 5.41) is 2.29. The van der Waals surface area contributed by atoms with Gasteiger partial charge in [0.15, 0.2) is 0 Å². The molecular formula is C20H22O3. The highest BCUT2D eigenvalue weighted by Crippen LogP contribution is 2.46. The molecule has 0 fully saturated rings. The molecule has 0 saturated carbocycles. The van der Waals surface area contributed by atoms with Crippen molar-refractivity contribution in [3.8, 4) is 5.75 Å². The van der Waals surface area contributed by atoms with E-state index in [0.29, 0.717) is 17.9 Å². The Labute approximate surface area is 136 Å². The molecule has 1 aliphatic heterocycles. The zero-order valence-electron chi connectivity index (χ0n) is 14.1. The van der Waals surface area contributed by atoms with Crippen molar-refractivity contribution in [2.24, 2.45) is 5.92 Å². The monoisotopic (exact) mass is 310 g/mol. The molecule has 1 unspecified atom stereocenters. The first-order valence-electron chi connectivity index (χ1n) is 8.12. The van der Waals surface area contributed by atoms with E-state index in [1.165, 1.54) is 0 Å². The van der Waals surface area contributed by atoms with Gasteiger partial charge in [-0.3, -0.25) is 0 Å². The molecule has 0 spiro atoms. The molecule has 0 N–H and O–H groups in total. The van der Waals surface area contributed by atoms with Crippen LogP contribution in [0, 0.1) is 5.92 Å². The Morgan fingerprint density at radius 1 is 1.22 bits per heavy atom. The van der Waals surface area contributed by atoms with Gasteiger partial charge in [0.05, 0.1) is 12.2 Å². The molecule has 2 aromatic rings. The van der Waals surface area contributed by atoms with Gasteiger partial charge in [0, 0.05) is 11.5 Å². The summed E-state index contributed by atoms with van der Waals surface area (Å²) in [7, 11) is 0. The molecule has 3 nitrogen and oxygen atoms in total. The zero-order chi connectivity index (χ0) is 16.6. The highest BCUT2D eigenvalue weighted by atomic mass is 16.5. The first kappa shape index (κ1) is 15.6. The molecule has 1 atom stereocenters. The van der Waals surface area contributed by atoms with Crippen LogP contribution in [0.25, 0.3) is 10.8 Å². The van der Waals surface area contributed by atoms with Gasteiger partial charge < -0.3 is 9.47 Å². The average Bonchev–Trinajstić information content (AvgIpc) is 2.53. The second kappa shape index (κ2) is 6.07. The normalized spacial score (nSPS) is 17.2. The summed E-state index contributed by atoms with van der Waals surface area (Å²) in [6, 6.07) is 12.3. The smallest absolute Gasteiger partial charge is 0.338 e. The Balaban J connectivity index is 2.24. The fourth-order valence-electron chi connectivity index (χ4n) is 3.41. The van der Waals surface area contributed by atoms with Crippen molar-refractivity contribution >= 4 is 16.7 Å². The lowest BCUT2D eigenvalue weighted by atomic mass is 9.78. The van der Waals surface area contributed by atoms with E-state index >= 15 is 0 Å². The van der Waals surface area contributed by atoms with Crippen molar-refractivity contribution < 1.29 is 14.3 Å². The number of ether oxygens (including phenoxy) is 2. The van der Waals surface area contributed by atoms with Crippen LogP contribution in [0.4, 0.5) is 0 Å². The van der Waals surface area contributed by atoms with Gasteiger partial charge in [-0.25, -0.2) is 4.79 Å². The van der Waals surface area contributed by atoms with E-state index in [-0.39, 0.29) is 17.8 Å². The number of hydrogen-bond acceptors (Lipinski definition) is 3. The highest BCUT2D eigenvalue weighted by Gasteiger charge is 2.36. The summed E-state index contributed by atoms with van der Waals surface area (Å²) in [5.74, 6) is 1.45. The largest absolute Gasteiger partial charge is 0.463 e. The number of rotatable bonds is 3. The molecule has 0 aliphatic carbocycles. The van der Waals surface area contributed by atoms with Crippen molar-refractivity contribution in [3.05, 3.63) is 53.3 Å². The molecule has 0 aromatic heterocycles. The topological polar surface area (TPSA) is 35.5 Å². The SMILES string of the molecule is CCOC(=O)C1=C(C)Oc2ccc3ccccc3c2C1C(C)C. The van der Waals surface area contributed by atoms with Crippen LogP contribution in [0.3, 0.4) is 0 Å². The molecule has 0 amide bonds. The maximum atomic E-state index is 12.5. The number of esters is 1. The predicted octanol–water partition coefficient (Wildman–Crippen LogP) is 4.81. The van der Waals surface area contributed by atoms with Crippen LogP contribution in [0.1, 0.15) is 39.2 Å². The van der Waals surface area contributed by atoms with E-state index in [1.807, 2.05) is 32.0 Å². The van der Waals surface area contributed by atoms with E-state index in [0.717, 1.165) is 22.1 Å². The van der Waals surface area contributed by atoms with Crippen molar-refractivity contribution in [2.45, 2.75) is 33.6 Å². The third-order valence-electron chi connectivity index (χ3n) is 4.36. The number of allylic oxidation sites excluding steroid dienone is 1. The molecule has 23 heavy (non-hydrogen) atoms. The van der Waals surface area contributed by atoms with Gasteiger partial charge >= 0.3 is 5.97 Å². The van der Waals surface area contributed by atoms with E-state index in [1.54, 1.807) is 0 Å². The Bertz CT molecular complexity index is 787. The van der Waals surface area contributed by atoms with Gasteiger partial charge in [-0.2, -0.15) is 0 Å². The third kappa shape index (κ3) is 2.61.